The molecule has 54 heavy (non-hydrogen) atoms. The lowest BCUT2D eigenvalue weighted by molar-refractivity contribution is 0.954. The van der Waals surface area contributed by atoms with E-state index in [9.17, 15) is 0 Å². The maximum absolute atomic E-state index is 5.24. The minimum atomic E-state index is 0.588. The van der Waals surface area contributed by atoms with Crippen molar-refractivity contribution in [1.82, 2.24) is 19.5 Å². The molecule has 0 bridgehead atoms. The molecule has 0 spiro atoms. The van der Waals surface area contributed by atoms with Crippen molar-refractivity contribution in [3.63, 3.8) is 0 Å². The summed E-state index contributed by atoms with van der Waals surface area (Å²) in [5.41, 5.74) is 6.30. The Hall–Kier alpha value is -6.69. The molecule has 4 nitrogen and oxygen atoms in total. The van der Waals surface area contributed by atoms with E-state index in [-0.39, 0.29) is 0 Å². The Morgan fingerprint density at radius 1 is 0.426 bits per heavy atom. The largest absolute Gasteiger partial charge is 0.277 e. The van der Waals surface area contributed by atoms with Gasteiger partial charge in [0.15, 0.2) is 11.6 Å². The monoisotopic (exact) mass is 710 g/mol. The number of thiophene rings is 1. The summed E-state index contributed by atoms with van der Waals surface area (Å²) in [5, 5.41) is 9.86. The van der Waals surface area contributed by atoms with Crippen LogP contribution in [0.3, 0.4) is 0 Å². The van der Waals surface area contributed by atoms with Gasteiger partial charge in [0.05, 0.1) is 11.0 Å². The first kappa shape index (κ1) is 32.0. The van der Waals surface area contributed by atoms with E-state index in [1.165, 1.54) is 41.7 Å². The number of rotatable bonds is 4. The Morgan fingerprint density at radius 3 is 1.78 bits per heavy atom. The SMILES string of the molecule is CC.c1ccc(-c2nc(-c3ccccc3)nc(-n3c4cc5ccccc5cc4c4cccc(-c5ccc6c(c5)sc5ccc7ccccc7c56)c43)n2)cc1. The summed E-state index contributed by atoms with van der Waals surface area (Å²) in [6.07, 6.45) is 0. The molecule has 0 amide bonds. The van der Waals surface area contributed by atoms with Gasteiger partial charge < -0.3 is 0 Å². The van der Waals surface area contributed by atoms with Crippen LogP contribution in [0, 0.1) is 0 Å². The number of hydrogen-bond acceptors (Lipinski definition) is 4. The van der Waals surface area contributed by atoms with Crippen LogP contribution in [0.4, 0.5) is 0 Å². The van der Waals surface area contributed by atoms with E-state index in [1.54, 1.807) is 0 Å². The molecular weight excluding hydrogens is 677 g/mol. The Kier molecular flexibility index (Phi) is 7.74. The fourth-order valence-electron chi connectivity index (χ4n) is 7.80. The topological polar surface area (TPSA) is 43.6 Å². The summed E-state index contributed by atoms with van der Waals surface area (Å²) in [4.78, 5) is 15.5. The second kappa shape index (κ2) is 13.1. The summed E-state index contributed by atoms with van der Waals surface area (Å²) < 4.78 is 4.83. The average Bonchev–Trinajstić information content (AvgIpc) is 3.79. The first-order valence-corrected chi connectivity index (χ1v) is 19.3. The maximum Gasteiger partial charge on any atom is 0.238 e. The molecule has 0 unspecified atom stereocenters. The van der Waals surface area contributed by atoms with Gasteiger partial charge in [-0.3, -0.25) is 4.57 Å². The van der Waals surface area contributed by atoms with Gasteiger partial charge in [-0.05, 0) is 51.4 Å². The van der Waals surface area contributed by atoms with Crippen molar-refractivity contribution >= 4 is 74.9 Å². The molecule has 3 heterocycles. The van der Waals surface area contributed by atoms with E-state index in [0.29, 0.717) is 17.6 Å². The van der Waals surface area contributed by atoms with Crippen LogP contribution in [0.15, 0.2) is 170 Å². The third-order valence-electron chi connectivity index (χ3n) is 10.2. The molecule has 0 saturated heterocycles. The normalized spacial score (nSPS) is 11.5. The molecule has 0 aliphatic rings. The number of nitrogens with zero attached hydrogens (tertiary/aromatic N) is 4. The van der Waals surface area contributed by atoms with Gasteiger partial charge in [0, 0.05) is 47.6 Å². The van der Waals surface area contributed by atoms with Gasteiger partial charge in [-0.25, -0.2) is 4.98 Å². The quantitative estimate of drug-likeness (QED) is 0.183. The van der Waals surface area contributed by atoms with Crippen LogP contribution in [-0.2, 0) is 0 Å². The third kappa shape index (κ3) is 5.16. The lowest BCUT2D eigenvalue weighted by Gasteiger charge is -2.13. The Balaban J connectivity index is 0.00000178. The number of para-hydroxylation sites is 1. The molecule has 0 N–H and O–H groups in total. The summed E-state index contributed by atoms with van der Waals surface area (Å²) in [6, 6.07) is 60.3. The fraction of sp³-hybridized carbons (Fsp3) is 0.0408. The van der Waals surface area contributed by atoms with Gasteiger partial charge in [0.1, 0.15) is 0 Å². The summed E-state index contributed by atoms with van der Waals surface area (Å²) in [6.45, 7) is 4.00. The smallest absolute Gasteiger partial charge is 0.238 e. The lowest BCUT2D eigenvalue weighted by Crippen LogP contribution is -2.07. The zero-order valence-corrected chi connectivity index (χ0v) is 30.7. The molecule has 8 aromatic carbocycles. The summed E-state index contributed by atoms with van der Waals surface area (Å²) >= 11 is 1.86. The number of fused-ring (bicyclic) bond motifs is 9. The van der Waals surface area contributed by atoms with E-state index in [1.807, 2.05) is 61.6 Å². The molecule has 11 rings (SSSR count). The average molecular weight is 711 g/mol. The molecule has 3 aromatic heterocycles. The van der Waals surface area contributed by atoms with Gasteiger partial charge in [-0.2, -0.15) is 9.97 Å². The molecule has 0 radical (unpaired) electrons. The second-order valence-electron chi connectivity index (χ2n) is 13.2. The second-order valence-corrected chi connectivity index (χ2v) is 14.3. The minimum absolute atomic E-state index is 0.588. The first-order valence-electron chi connectivity index (χ1n) is 18.4. The van der Waals surface area contributed by atoms with Crippen molar-refractivity contribution in [1.29, 1.82) is 0 Å². The summed E-state index contributed by atoms with van der Waals surface area (Å²) in [5.74, 6) is 1.86. The molecular formula is C49H34N4S. The van der Waals surface area contributed by atoms with Gasteiger partial charge in [-0.1, -0.05) is 159 Å². The highest BCUT2D eigenvalue weighted by molar-refractivity contribution is 7.26. The van der Waals surface area contributed by atoms with Crippen molar-refractivity contribution in [3.8, 4) is 39.9 Å². The minimum Gasteiger partial charge on any atom is -0.277 e. The lowest BCUT2D eigenvalue weighted by atomic mass is 9.99. The van der Waals surface area contributed by atoms with Crippen molar-refractivity contribution < 1.29 is 0 Å². The van der Waals surface area contributed by atoms with Gasteiger partial charge >= 0.3 is 0 Å². The van der Waals surface area contributed by atoms with Crippen LogP contribution in [0.5, 0.6) is 0 Å². The third-order valence-corrected chi connectivity index (χ3v) is 11.3. The van der Waals surface area contributed by atoms with Crippen LogP contribution >= 0.6 is 11.3 Å². The van der Waals surface area contributed by atoms with Crippen LogP contribution in [-0.4, -0.2) is 19.5 Å². The Morgan fingerprint density at radius 2 is 1.06 bits per heavy atom. The van der Waals surface area contributed by atoms with Gasteiger partial charge in [0.2, 0.25) is 5.95 Å². The first-order chi connectivity index (χ1) is 26.8. The van der Waals surface area contributed by atoms with E-state index in [0.717, 1.165) is 44.1 Å². The van der Waals surface area contributed by atoms with Crippen LogP contribution in [0.2, 0.25) is 0 Å². The van der Waals surface area contributed by atoms with E-state index >= 15 is 0 Å². The Bertz CT molecular complexity index is 3120. The molecule has 256 valence electrons. The highest BCUT2D eigenvalue weighted by Crippen LogP contribution is 2.43. The predicted octanol–water partition coefficient (Wildman–Crippen LogP) is 13.7. The molecule has 0 aliphatic heterocycles. The van der Waals surface area contributed by atoms with Crippen molar-refractivity contribution in [2.24, 2.45) is 0 Å². The maximum atomic E-state index is 5.24. The number of aromatic nitrogens is 4. The molecule has 11 aromatic rings. The summed E-state index contributed by atoms with van der Waals surface area (Å²) in [7, 11) is 0. The predicted molar refractivity (Wildman–Crippen MR) is 230 cm³/mol. The van der Waals surface area contributed by atoms with Crippen LogP contribution < -0.4 is 0 Å². The zero-order chi connectivity index (χ0) is 36.2. The molecule has 0 saturated carbocycles. The number of hydrogen-bond donors (Lipinski definition) is 0. The standard InChI is InChI=1S/C47H28N4S.C2H6/c1-3-13-30(14-4-1)45-48-46(31-15-5-2-6-16-31)50-47(49-45)51-40-27-33-18-8-7-17-32(33)26-39(40)37-21-11-20-36(44(37)51)34-22-24-38-42(28-34)52-41-25-23-29-12-9-10-19-35(29)43(38)41;1-2/h1-28H;1-2H3. The van der Waals surface area contributed by atoms with Crippen molar-refractivity contribution in [2.75, 3.05) is 0 Å². The van der Waals surface area contributed by atoms with E-state index < -0.39 is 0 Å². The zero-order valence-electron chi connectivity index (χ0n) is 29.9. The van der Waals surface area contributed by atoms with Crippen LogP contribution in [0.1, 0.15) is 13.8 Å². The fourth-order valence-corrected chi connectivity index (χ4v) is 8.96. The van der Waals surface area contributed by atoms with Crippen LogP contribution in [0.25, 0.3) is 103 Å². The molecule has 5 heteroatoms. The highest BCUT2D eigenvalue weighted by atomic mass is 32.1. The van der Waals surface area contributed by atoms with Crippen molar-refractivity contribution in [2.45, 2.75) is 13.8 Å². The molecule has 0 fully saturated rings. The van der Waals surface area contributed by atoms with Gasteiger partial charge in [0.25, 0.3) is 0 Å². The Labute approximate surface area is 316 Å². The number of benzene rings is 8. The molecule has 0 aliphatic carbocycles. The highest BCUT2D eigenvalue weighted by Gasteiger charge is 2.21. The van der Waals surface area contributed by atoms with Gasteiger partial charge in [-0.15, -0.1) is 11.3 Å². The van der Waals surface area contributed by atoms with Crippen molar-refractivity contribution in [3.05, 3.63) is 170 Å². The van der Waals surface area contributed by atoms with E-state index in [4.69, 9.17) is 15.0 Å². The van der Waals surface area contributed by atoms with E-state index in [2.05, 4.69) is 138 Å². The molecule has 0 atom stereocenters.